The van der Waals surface area contributed by atoms with E-state index >= 15 is 0 Å². The van der Waals surface area contributed by atoms with Crippen molar-refractivity contribution in [3.8, 4) is 5.75 Å². The van der Waals surface area contributed by atoms with Crippen LogP contribution in [-0.4, -0.2) is 31.3 Å². The van der Waals surface area contributed by atoms with Crippen LogP contribution in [-0.2, 0) is 0 Å². The van der Waals surface area contributed by atoms with E-state index in [4.69, 9.17) is 4.74 Å². The molecule has 0 aromatic heterocycles. The van der Waals surface area contributed by atoms with Crippen LogP contribution in [0.2, 0.25) is 0 Å². The van der Waals surface area contributed by atoms with Crippen molar-refractivity contribution in [2.45, 2.75) is 45.7 Å². The Bertz CT molecular complexity index is 417. The molecule has 1 aliphatic rings. The zero-order valence-corrected chi connectivity index (χ0v) is 12.6. The van der Waals surface area contributed by atoms with Crippen LogP contribution in [0, 0.1) is 0 Å². The highest BCUT2D eigenvalue weighted by Crippen LogP contribution is 2.35. The topological polar surface area (TPSA) is 24.5 Å². The van der Waals surface area contributed by atoms with Crippen molar-refractivity contribution in [1.82, 2.24) is 5.32 Å². The van der Waals surface area contributed by atoms with E-state index in [0.29, 0.717) is 12.6 Å². The van der Waals surface area contributed by atoms with Crippen LogP contribution in [0.3, 0.4) is 0 Å². The van der Waals surface area contributed by atoms with E-state index in [9.17, 15) is 0 Å². The SMILES string of the molecule is CCOc1ccccc1N1CC(C)NCCC1(C)C. The molecule has 1 atom stereocenters. The summed E-state index contributed by atoms with van der Waals surface area (Å²) in [5.41, 5.74) is 1.36. The standard InChI is InChI=1S/C16H26N2O/c1-5-19-15-9-7-6-8-14(15)18-12-13(2)17-11-10-16(18,3)4/h6-9,13,17H,5,10-12H2,1-4H3. The van der Waals surface area contributed by atoms with Gasteiger partial charge in [-0.15, -0.1) is 0 Å². The molecule has 1 aromatic rings. The summed E-state index contributed by atoms with van der Waals surface area (Å²) in [6.45, 7) is 11.7. The molecule has 0 saturated carbocycles. The van der Waals surface area contributed by atoms with Gasteiger partial charge >= 0.3 is 0 Å². The van der Waals surface area contributed by atoms with Crippen molar-refractivity contribution >= 4 is 5.69 Å². The maximum atomic E-state index is 5.80. The summed E-state index contributed by atoms with van der Waals surface area (Å²) >= 11 is 0. The van der Waals surface area contributed by atoms with Crippen LogP contribution in [0.4, 0.5) is 5.69 Å². The maximum absolute atomic E-state index is 5.80. The average molecular weight is 262 g/mol. The first-order valence-corrected chi connectivity index (χ1v) is 7.27. The molecule has 0 bridgehead atoms. The molecule has 1 heterocycles. The molecule has 1 unspecified atom stereocenters. The van der Waals surface area contributed by atoms with Gasteiger partial charge in [0.25, 0.3) is 0 Å². The molecule has 19 heavy (non-hydrogen) atoms. The fourth-order valence-electron chi connectivity index (χ4n) is 2.73. The van der Waals surface area contributed by atoms with Crippen LogP contribution < -0.4 is 15.0 Å². The first kappa shape index (κ1) is 14.2. The number of nitrogens with zero attached hydrogens (tertiary/aromatic N) is 1. The van der Waals surface area contributed by atoms with Gasteiger partial charge in [0.2, 0.25) is 0 Å². The van der Waals surface area contributed by atoms with Crippen molar-refractivity contribution < 1.29 is 4.74 Å². The summed E-state index contributed by atoms with van der Waals surface area (Å²) in [5.74, 6) is 0.993. The van der Waals surface area contributed by atoms with E-state index < -0.39 is 0 Å². The Balaban J connectivity index is 2.36. The minimum Gasteiger partial charge on any atom is -0.492 e. The number of anilines is 1. The van der Waals surface area contributed by atoms with Gasteiger partial charge in [-0.05, 0) is 52.8 Å². The lowest BCUT2D eigenvalue weighted by molar-refractivity contribution is 0.336. The summed E-state index contributed by atoms with van der Waals surface area (Å²) in [5, 5.41) is 3.57. The summed E-state index contributed by atoms with van der Waals surface area (Å²) < 4.78 is 5.80. The molecular formula is C16H26N2O. The van der Waals surface area contributed by atoms with E-state index in [0.717, 1.165) is 25.3 Å². The summed E-state index contributed by atoms with van der Waals surface area (Å²) in [6, 6.07) is 8.87. The number of benzene rings is 1. The van der Waals surface area contributed by atoms with Crippen LogP contribution >= 0.6 is 0 Å². The van der Waals surface area contributed by atoms with Crippen LogP contribution in [0.1, 0.15) is 34.1 Å². The van der Waals surface area contributed by atoms with Gasteiger partial charge < -0.3 is 15.0 Å². The third kappa shape index (κ3) is 3.21. The molecular weight excluding hydrogens is 236 g/mol. The number of hydrogen-bond acceptors (Lipinski definition) is 3. The van der Waals surface area contributed by atoms with Gasteiger partial charge in [0.05, 0.1) is 12.3 Å². The highest BCUT2D eigenvalue weighted by atomic mass is 16.5. The molecule has 106 valence electrons. The second-order valence-corrected chi connectivity index (χ2v) is 5.93. The predicted molar refractivity (Wildman–Crippen MR) is 81.1 cm³/mol. The molecule has 1 saturated heterocycles. The Morgan fingerprint density at radius 2 is 2.11 bits per heavy atom. The zero-order valence-electron chi connectivity index (χ0n) is 12.6. The van der Waals surface area contributed by atoms with Gasteiger partial charge in [0.1, 0.15) is 5.75 Å². The average Bonchev–Trinajstić information content (AvgIpc) is 2.49. The van der Waals surface area contributed by atoms with Gasteiger partial charge in [0, 0.05) is 18.1 Å². The first-order chi connectivity index (χ1) is 9.04. The number of ether oxygens (including phenoxy) is 1. The van der Waals surface area contributed by atoms with Crippen molar-refractivity contribution in [3.63, 3.8) is 0 Å². The van der Waals surface area contributed by atoms with Crippen LogP contribution in [0.5, 0.6) is 5.75 Å². The Hall–Kier alpha value is -1.22. The highest BCUT2D eigenvalue weighted by Gasteiger charge is 2.31. The number of hydrogen-bond donors (Lipinski definition) is 1. The normalized spacial score (nSPS) is 22.9. The number of rotatable bonds is 3. The number of nitrogens with one attached hydrogen (secondary N) is 1. The van der Waals surface area contributed by atoms with Gasteiger partial charge in [-0.2, -0.15) is 0 Å². The second kappa shape index (κ2) is 5.83. The Kier molecular flexibility index (Phi) is 4.35. The maximum Gasteiger partial charge on any atom is 0.142 e. The van der Waals surface area contributed by atoms with Crippen molar-refractivity contribution in [3.05, 3.63) is 24.3 Å². The lowest BCUT2D eigenvalue weighted by atomic mass is 9.97. The minimum absolute atomic E-state index is 0.144. The third-order valence-electron chi connectivity index (χ3n) is 3.87. The molecule has 1 fully saturated rings. The molecule has 0 spiro atoms. The summed E-state index contributed by atoms with van der Waals surface area (Å²) in [7, 11) is 0. The van der Waals surface area contributed by atoms with Crippen LogP contribution in [0.25, 0.3) is 0 Å². The Morgan fingerprint density at radius 3 is 2.84 bits per heavy atom. The summed E-state index contributed by atoms with van der Waals surface area (Å²) in [4.78, 5) is 2.49. The molecule has 0 amide bonds. The molecule has 1 aliphatic heterocycles. The van der Waals surface area contributed by atoms with E-state index in [1.54, 1.807) is 0 Å². The van der Waals surface area contributed by atoms with Gasteiger partial charge in [-0.3, -0.25) is 0 Å². The molecule has 3 heteroatoms. The number of para-hydroxylation sites is 2. The van der Waals surface area contributed by atoms with E-state index in [2.05, 4.69) is 49.2 Å². The van der Waals surface area contributed by atoms with Gasteiger partial charge in [-0.25, -0.2) is 0 Å². The monoisotopic (exact) mass is 262 g/mol. The minimum atomic E-state index is 0.144. The molecule has 2 rings (SSSR count). The van der Waals surface area contributed by atoms with Gasteiger partial charge in [-0.1, -0.05) is 12.1 Å². The lowest BCUT2D eigenvalue weighted by Gasteiger charge is -2.40. The molecule has 0 radical (unpaired) electrons. The van der Waals surface area contributed by atoms with Gasteiger partial charge in [0.15, 0.2) is 0 Å². The van der Waals surface area contributed by atoms with Crippen molar-refractivity contribution in [1.29, 1.82) is 0 Å². The van der Waals surface area contributed by atoms with E-state index in [-0.39, 0.29) is 5.54 Å². The molecule has 1 N–H and O–H groups in total. The van der Waals surface area contributed by atoms with E-state index in [1.807, 2.05) is 13.0 Å². The fourth-order valence-corrected chi connectivity index (χ4v) is 2.73. The summed E-state index contributed by atoms with van der Waals surface area (Å²) in [6.07, 6.45) is 1.14. The molecule has 0 aliphatic carbocycles. The second-order valence-electron chi connectivity index (χ2n) is 5.93. The quantitative estimate of drug-likeness (QED) is 0.906. The molecule has 3 nitrogen and oxygen atoms in total. The third-order valence-corrected chi connectivity index (χ3v) is 3.87. The van der Waals surface area contributed by atoms with Crippen LogP contribution in [0.15, 0.2) is 24.3 Å². The first-order valence-electron chi connectivity index (χ1n) is 7.27. The molecule has 1 aromatic carbocycles. The zero-order chi connectivity index (χ0) is 13.9. The fraction of sp³-hybridized carbons (Fsp3) is 0.625. The predicted octanol–water partition coefficient (Wildman–Crippen LogP) is 3.05. The van der Waals surface area contributed by atoms with Crippen molar-refractivity contribution in [2.75, 3.05) is 24.6 Å². The van der Waals surface area contributed by atoms with E-state index in [1.165, 1.54) is 5.69 Å². The lowest BCUT2D eigenvalue weighted by Crippen LogP contribution is -2.46. The smallest absolute Gasteiger partial charge is 0.142 e. The van der Waals surface area contributed by atoms with Crippen molar-refractivity contribution in [2.24, 2.45) is 0 Å². The Morgan fingerprint density at radius 1 is 1.37 bits per heavy atom. The Labute approximate surface area is 116 Å². The largest absolute Gasteiger partial charge is 0.492 e. The highest BCUT2D eigenvalue weighted by molar-refractivity contribution is 5.60.